The Labute approximate surface area is 173 Å². The van der Waals surface area contributed by atoms with Crippen molar-refractivity contribution in [2.24, 2.45) is 11.8 Å². The third-order valence-electron chi connectivity index (χ3n) is 6.17. The van der Waals surface area contributed by atoms with Crippen molar-refractivity contribution in [3.05, 3.63) is 29.9 Å². The molecule has 1 heterocycles. The molecule has 0 aromatic carbocycles. The first-order valence-corrected chi connectivity index (χ1v) is 11.7. The predicted octanol–water partition coefficient (Wildman–Crippen LogP) is 7.48. The fourth-order valence-corrected chi connectivity index (χ4v) is 4.18. The minimum absolute atomic E-state index is 0.548. The molecule has 1 aliphatic carbocycles. The zero-order valence-electron chi connectivity index (χ0n) is 18.8. The quantitative estimate of drug-likeness (QED) is 0.276. The van der Waals surface area contributed by atoms with Gasteiger partial charge in [-0.2, -0.15) is 0 Å². The van der Waals surface area contributed by atoms with Crippen LogP contribution in [-0.4, -0.2) is 16.6 Å². The van der Waals surface area contributed by atoms with Gasteiger partial charge in [-0.15, -0.1) is 0 Å². The van der Waals surface area contributed by atoms with Gasteiger partial charge in [0.05, 0.1) is 19.0 Å². The van der Waals surface area contributed by atoms with E-state index in [9.17, 15) is 0 Å². The number of hydrogen-bond donors (Lipinski definition) is 0. The molecule has 1 unspecified atom stereocenters. The molecule has 0 amide bonds. The summed E-state index contributed by atoms with van der Waals surface area (Å²) in [6, 6.07) is 0. The lowest BCUT2D eigenvalue weighted by Crippen LogP contribution is -2.15. The second-order valence-corrected chi connectivity index (χ2v) is 9.09. The molecule has 1 atom stereocenters. The molecule has 0 radical (unpaired) electrons. The van der Waals surface area contributed by atoms with Crippen LogP contribution in [0.2, 0.25) is 0 Å². The van der Waals surface area contributed by atoms with Crippen LogP contribution in [0.3, 0.4) is 0 Å². The Morgan fingerprint density at radius 1 is 1.11 bits per heavy atom. The smallest absolute Gasteiger partial charge is 0.155 e. The summed E-state index contributed by atoms with van der Waals surface area (Å²) < 4.78 is 5.88. The molecule has 158 valence electrons. The number of allylic oxidation sites excluding steroid dienone is 2. The summed E-state index contributed by atoms with van der Waals surface area (Å²) in [4.78, 5) is 9.25. The van der Waals surface area contributed by atoms with E-state index in [1.54, 1.807) is 0 Å². The van der Waals surface area contributed by atoms with Gasteiger partial charge in [-0.25, -0.2) is 9.97 Å². The van der Waals surface area contributed by atoms with Crippen LogP contribution in [0.1, 0.15) is 110 Å². The van der Waals surface area contributed by atoms with Crippen molar-refractivity contribution >= 4 is 0 Å². The van der Waals surface area contributed by atoms with E-state index in [1.807, 2.05) is 12.4 Å². The number of nitrogens with zero attached hydrogens (tertiary/aromatic N) is 2. The Bertz CT molecular complexity index is 554. The zero-order chi connectivity index (χ0) is 20.2. The Kier molecular flexibility index (Phi) is 10.6. The van der Waals surface area contributed by atoms with Gasteiger partial charge in [0, 0.05) is 5.92 Å². The van der Waals surface area contributed by atoms with Crippen LogP contribution in [0.4, 0.5) is 0 Å². The molecular weight excluding hydrogens is 344 g/mol. The zero-order valence-corrected chi connectivity index (χ0v) is 18.8. The van der Waals surface area contributed by atoms with Crippen molar-refractivity contribution in [2.75, 3.05) is 6.61 Å². The summed E-state index contributed by atoms with van der Waals surface area (Å²) >= 11 is 0. The van der Waals surface area contributed by atoms with Crippen molar-refractivity contribution in [1.82, 2.24) is 9.97 Å². The average molecular weight is 387 g/mol. The van der Waals surface area contributed by atoms with Gasteiger partial charge in [0.2, 0.25) is 0 Å². The molecule has 28 heavy (non-hydrogen) atoms. The molecule has 0 N–H and O–H groups in total. The van der Waals surface area contributed by atoms with E-state index in [0.717, 1.165) is 30.5 Å². The largest absolute Gasteiger partial charge is 0.490 e. The fraction of sp³-hybridized carbons (Fsp3) is 0.760. The van der Waals surface area contributed by atoms with E-state index in [0.29, 0.717) is 11.8 Å². The first-order chi connectivity index (χ1) is 13.6. The van der Waals surface area contributed by atoms with Gasteiger partial charge in [0.1, 0.15) is 5.82 Å². The molecule has 1 aromatic rings. The third-order valence-corrected chi connectivity index (χ3v) is 6.17. The highest BCUT2D eigenvalue weighted by molar-refractivity contribution is 5.14. The SMILES string of the molecule is CCCCCC1CCC(c2ncc(OCCC(C)CCC=C(C)C)cn2)CC1. The third kappa shape index (κ3) is 8.75. The number of unbranched alkanes of at least 4 members (excludes halogenated alkanes) is 2. The lowest BCUT2D eigenvalue weighted by molar-refractivity contribution is 0.275. The van der Waals surface area contributed by atoms with Gasteiger partial charge in [-0.1, -0.05) is 51.2 Å². The summed E-state index contributed by atoms with van der Waals surface area (Å²) in [5.41, 5.74) is 1.41. The van der Waals surface area contributed by atoms with E-state index >= 15 is 0 Å². The van der Waals surface area contributed by atoms with Crippen molar-refractivity contribution in [3.63, 3.8) is 0 Å². The first kappa shape index (κ1) is 22.9. The molecule has 1 aliphatic rings. The molecule has 0 saturated heterocycles. The topological polar surface area (TPSA) is 35.0 Å². The van der Waals surface area contributed by atoms with Gasteiger partial charge in [-0.05, 0) is 70.6 Å². The number of aromatic nitrogens is 2. The highest BCUT2D eigenvalue weighted by Gasteiger charge is 2.23. The van der Waals surface area contributed by atoms with Crippen molar-refractivity contribution in [3.8, 4) is 5.75 Å². The van der Waals surface area contributed by atoms with E-state index in [-0.39, 0.29) is 0 Å². The highest BCUT2D eigenvalue weighted by atomic mass is 16.5. The van der Waals surface area contributed by atoms with Crippen LogP contribution in [-0.2, 0) is 0 Å². The van der Waals surface area contributed by atoms with Gasteiger partial charge in [0.25, 0.3) is 0 Å². The molecule has 0 bridgehead atoms. The summed E-state index contributed by atoms with van der Waals surface area (Å²) in [5.74, 6) is 4.00. The van der Waals surface area contributed by atoms with Gasteiger partial charge in [0.15, 0.2) is 5.75 Å². The summed E-state index contributed by atoms with van der Waals surface area (Å²) in [5, 5.41) is 0. The van der Waals surface area contributed by atoms with Gasteiger partial charge >= 0.3 is 0 Å². The molecule has 1 saturated carbocycles. The Morgan fingerprint density at radius 2 is 1.82 bits per heavy atom. The monoisotopic (exact) mass is 386 g/mol. The number of hydrogen-bond acceptors (Lipinski definition) is 3. The Balaban J connectivity index is 1.66. The van der Waals surface area contributed by atoms with Gasteiger partial charge < -0.3 is 4.74 Å². The molecule has 3 heteroatoms. The Morgan fingerprint density at radius 3 is 2.46 bits per heavy atom. The van der Waals surface area contributed by atoms with Gasteiger partial charge in [-0.3, -0.25) is 0 Å². The molecule has 0 spiro atoms. The fourth-order valence-electron chi connectivity index (χ4n) is 4.18. The standard InChI is InChI=1S/C25H42N2O/c1-5-6-7-11-22-12-14-23(15-13-22)25-26-18-24(19-27-25)28-17-16-21(4)10-8-9-20(2)3/h9,18-19,21-23H,5-8,10-17H2,1-4H3. The van der Waals surface area contributed by atoms with E-state index in [2.05, 4.69) is 43.7 Å². The van der Waals surface area contributed by atoms with Crippen molar-refractivity contribution in [1.29, 1.82) is 0 Å². The van der Waals surface area contributed by atoms with E-state index in [4.69, 9.17) is 4.74 Å². The van der Waals surface area contributed by atoms with Crippen LogP contribution in [0.25, 0.3) is 0 Å². The van der Waals surface area contributed by atoms with Crippen LogP contribution in [0.5, 0.6) is 5.75 Å². The van der Waals surface area contributed by atoms with E-state index < -0.39 is 0 Å². The lowest BCUT2D eigenvalue weighted by Gasteiger charge is -2.27. The average Bonchev–Trinajstić information content (AvgIpc) is 2.69. The lowest BCUT2D eigenvalue weighted by atomic mass is 9.79. The van der Waals surface area contributed by atoms with Crippen molar-refractivity contribution < 1.29 is 4.74 Å². The maximum atomic E-state index is 5.88. The molecule has 1 fully saturated rings. The molecule has 3 nitrogen and oxygen atoms in total. The van der Waals surface area contributed by atoms with Crippen LogP contribution in [0, 0.1) is 11.8 Å². The minimum Gasteiger partial charge on any atom is -0.490 e. The highest BCUT2D eigenvalue weighted by Crippen LogP contribution is 2.36. The second-order valence-electron chi connectivity index (χ2n) is 9.09. The predicted molar refractivity (Wildman–Crippen MR) is 119 cm³/mol. The molecule has 0 aliphatic heterocycles. The van der Waals surface area contributed by atoms with E-state index in [1.165, 1.54) is 69.8 Å². The summed E-state index contributed by atoms with van der Waals surface area (Å²) in [7, 11) is 0. The van der Waals surface area contributed by atoms with Crippen LogP contribution >= 0.6 is 0 Å². The first-order valence-electron chi connectivity index (χ1n) is 11.7. The van der Waals surface area contributed by atoms with Crippen molar-refractivity contribution in [2.45, 2.75) is 104 Å². The summed E-state index contributed by atoms with van der Waals surface area (Å²) in [6.07, 6.45) is 20.3. The Hall–Kier alpha value is -1.38. The number of rotatable bonds is 12. The molecular formula is C25H42N2O. The molecule has 2 rings (SSSR count). The maximum Gasteiger partial charge on any atom is 0.155 e. The number of ether oxygens (including phenoxy) is 1. The maximum absolute atomic E-state index is 5.88. The summed E-state index contributed by atoms with van der Waals surface area (Å²) in [6.45, 7) is 9.67. The van der Waals surface area contributed by atoms with Crippen LogP contribution in [0.15, 0.2) is 24.0 Å². The minimum atomic E-state index is 0.548. The normalized spacial score (nSPS) is 20.6. The second kappa shape index (κ2) is 13.0. The van der Waals surface area contributed by atoms with Crippen LogP contribution < -0.4 is 4.74 Å². The molecule has 1 aromatic heterocycles.